The first kappa shape index (κ1) is 17.4. The fourth-order valence-corrected chi connectivity index (χ4v) is 3.35. The quantitative estimate of drug-likeness (QED) is 0.879. The van der Waals surface area contributed by atoms with E-state index >= 15 is 0 Å². The second kappa shape index (κ2) is 7.69. The number of benzene rings is 1. The molecule has 0 aliphatic carbocycles. The lowest BCUT2D eigenvalue weighted by Gasteiger charge is -2.34. The SMILES string of the molecule is COc1ccnc(N2CCN(C(=O)NCc3ccc4c(c3)CCO4)CC2)n1. The number of anilines is 1. The van der Waals surface area contributed by atoms with Crippen LogP contribution >= 0.6 is 0 Å². The van der Waals surface area contributed by atoms with Gasteiger partial charge in [0.25, 0.3) is 0 Å². The number of fused-ring (bicyclic) bond motifs is 1. The highest BCUT2D eigenvalue weighted by Crippen LogP contribution is 2.25. The number of nitrogens with one attached hydrogen (secondary N) is 1. The van der Waals surface area contributed by atoms with Gasteiger partial charge in [0.1, 0.15) is 5.75 Å². The van der Waals surface area contributed by atoms with Crippen LogP contribution in [-0.2, 0) is 13.0 Å². The molecule has 8 heteroatoms. The summed E-state index contributed by atoms with van der Waals surface area (Å²) in [7, 11) is 1.59. The first-order chi connectivity index (χ1) is 13.2. The number of hydrogen-bond acceptors (Lipinski definition) is 6. The smallest absolute Gasteiger partial charge is 0.317 e. The topological polar surface area (TPSA) is 79.8 Å². The van der Waals surface area contributed by atoms with Crippen molar-refractivity contribution >= 4 is 12.0 Å². The summed E-state index contributed by atoms with van der Waals surface area (Å²) in [6.07, 6.45) is 2.62. The van der Waals surface area contributed by atoms with Crippen LogP contribution < -0.4 is 19.7 Å². The van der Waals surface area contributed by atoms with Crippen LogP contribution in [0.2, 0.25) is 0 Å². The number of rotatable bonds is 4. The number of aromatic nitrogens is 2. The molecule has 142 valence electrons. The van der Waals surface area contributed by atoms with Gasteiger partial charge < -0.3 is 24.6 Å². The lowest BCUT2D eigenvalue weighted by Crippen LogP contribution is -2.52. The van der Waals surface area contributed by atoms with E-state index in [1.807, 2.05) is 17.0 Å². The summed E-state index contributed by atoms with van der Waals surface area (Å²) in [6.45, 7) is 3.90. The molecule has 0 atom stereocenters. The van der Waals surface area contributed by atoms with Crippen molar-refractivity contribution in [2.24, 2.45) is 0 Å². The Balaban J connectivity index is 1.28. The average Bonchev–Trinajstić information content (AvgIpc) is 3.20. The molecule has 0 radical (unpaired) electrons. The van der Waals surface area contributed by atoms with E-state index in [1.54, 1.807) is 19.4 Å². The van der Waals surface area contributed by atoms with Crippen LogP contribution in [0.4, 0.5) is 10.7 Å². The molecule has 8 nitrogen and oxygen atoms in total. The molecule has 1 N–H and O–H groups in total. The van der Waals surface area contributed by atoms with E-state index in [4.69, 9.17) is 9.47 Å². The maximum atomic E-state index is 12.5. The van der Waals surface area contributed by atoms with Crippen molar-refractivity contribution in [2.75, 3.05) is 44.8 Å². The van der Waals surface area contributed by atoms with Crippen LogP contribution in [-0.4, -0.2) is 60.8 Å². The first-order valence-electron chi connectivity index (χ1n) is 9.12. The van der Waals surface area contributed by atoms with Crippen molar-refractivity contribution in [1.29, 1.82) is 0 Å². The van der Waals surface area contributed by atoms with E-state index in [0.717, 1.165) is 24.3 Å². The second-order valence-corrected chi connectivity index (χ2v) is 6.57. The number of amides is 2. The lowest BCUT2D eigenvalue weighted by molar-refractivity contribution is 0.193. The molecule has 0 bridgehead atoms. The number of urea groups is 1. The second-order valence-electron chi connectivity index (χ2n) is 6.57. The molecular weight excluding hydrogens is 346 g/mol. The van der Waals surface area contributed by atoms with Gasteiger partial charge in [0, 0.05) is 51.4 Å². The van der Waals surface area contributed by atoms with Crippen molar-refractivity contribution in [3.05, 3.63) is 41.6 Å². The highest BCUT2D eigenvalue weighted by Gasteiger charge is 2.23. The molecule has 1 saturated heterocycles. The average molecular weight is 369 g/mol. The Morgan fingerprint density at radius 3 is 2.93 bits per heavy atom. The van der Waals surface area contributed by atoms with Crippen molar-refractivity contribution < 1.29 is 14.3 Å². The summed E-state index contributed by atoms with van der Waals surface area (Å²) in [4.78, 5) is 25.0. The highest BCUT2D eigenvalue weighted by atomic mass is 16.5. The van der Waals surface area contributed by atoms with Gasteiger partial charge in [0.15, 0.2) is 0 Å². The summed E-state index contributed by atoms with van der Waals surface area (Å²) in [5.74, 6) is 2.13. The van der Waals surface area contributed by atoms with Gasteiger partial charge in [-0.1, -0.05) is 12.1 Å². The van der Waals surface area contributed by atoms with Crippen molar-refractivity contribution in [1.82, 2.24) is 20.2 Å². The lowest BCUT2D eigenvalue weighted by atomic mass is 10.1. The van der Waals surface area contributed by atoms with Gasteiger partial charge in [-0.15, -0.1) is 0 Å². The molecule has 0 spiro atoms. The molecule has 2 aliphatic rings. The summed E-state index contributed by atoms with van der Waals surface area (Å²) in [5.41, 5.74) is 2.31. The standard InChI is InChI=1S/C19H23N5O3/c1-26-17-4-6-20-18(22-17)23-7-9-24(10-8-23)19(25)21-13-14-2-3-16-15(12-14)5-11-27-16/h2-4,6,12H,5,7-11,13H2,1H3,(H,21,25). The zero-order valence-corrected chi connectivity index (χ0v) is 15.4. The largest absolute Gasteiger partial charge is 0.493 e. The third-order valence-corrected chi connectivity index (χ3v) is 4.87. The van der Waals surface area contributed by atoms with Gasteiger partial charge in [0.2, 0.25) is 11.8 Å². The fourth-order valence-electron chi connectivity index (χ4n) is 3.35. The van der Waals surface area contributed by atoms with E-state index < -0.39 is 0 Å². The van der Waals surface area contributed by atoms with Crippen LogP contribution in [0.1, 0.15) is 11.1 Å². The summed E-state index contributed by atoms with van der Waals surface area (Å²) in [5, 5.41) is 3.01. The fraction of sp³-hybridized carbons (Fsp3) is 0.421. The first-order valence-corrected chi connectivity index (χ1v) is 9.12. The van der Waals surface area contributed by atoms with Crippen molar-refractivity contribution in [2.45, 2.75) is 13.0 Å². The molecule has 3 heterocycles. The number of hydrogen-bond donors (Lipinski definition) is 1. The molecular formula is C19H23N5O3. The molecule has 27 heavy (non-hydrogen) atoms. The van der Waals surface area contributed by atoms with Gasteiger partial charge in [-0.2, -0.15) is 4.98 Å². The number of piperazine rings is 1. The number of methoxy groups -OCH3 is 1. The molecule has 0 saturated carbocycles. The van der Waals surface area contributed by atoms with Crippen LogP contribution in [0.15, 0.2) is 30.5 Å². The maximum absolute atomic E-state index is 12.5. The van der Waals surface area contributed by atoms with Crippen LogP contribution in [0.3, 0.4) is 0 Å². The van der Waals surface area contributed by atoms with Gasteiger partial charge in [-0.25, -0.2) is 9.78 Å². The van der Waals surface area contributed by atoms with Gasteiger partial charge >= 0.3 is 6.03 Å². The third kappa shape index (κ3) is 3.89. The van der Waals surface area contributed by atoms with Gasteiger partial charge in [0.05, 0.1) is 13.7 Å². The summed E-state index contributed by atoms with van der Waals surface area (Å²) in [6, 6.07) is 7.77. The monoisotopic (exact) mass is 369 g/mol. The predicted molar refractivity (Wildman–Crippen MR) is 100 cm³/mol. The number of ether oxygens (including phenoxy) is 2. The minimum absolute atomic E-state index is 0.0436. The molecule has 1 aromatic carbocycles. The molecule has 2 aliphatic heterocycles. The third-order valence-electron chi connectivity index (χ3n) is 4.87. The van der Waals surface area contributed by atoms with E-state index in [2.05, 4.69) is 26.3 Å². The molecule has 1 fully saturated rings. The minimum atomic E-state index is -0.0436. The Kier molecular flexibility index (Phi) is 4.95. The Labute approximate surface area is 158 Å². The van der Waals surface area contributed by atoms with E-state index in [1.165, 1.54) is 5.56 Å². The predicted octanol–water partition coefficient (Wildman–Crippen LogP) is 1.45. The summed E-state index contributed by atoms with van der Waals surface area (Å²) < 4.78 is 10.7. The Bertz CT molecular complexity index is 821. The Morgan fingerprint density at radius 1 is 1.26 bits per heavy atom. The normalized spacial score (nSPS) is 15.9. The molecule has 1 aromatic heterocycles. The molecule has 0 unspecified atom stereocenters. The molecule has 2 amide bonds. The molecule has 4 rings (SSSR count). The van der Waals surface area contributed by atoms with E-state index in [0.29, 0.717) is 44.6 Å². The molecule has 2 aromatic rings. The van der Waals surface area contributed by atoms with Crippen LogP contribution in [0, 0.1) is 0 Å². The minimum Gasteiger partial charge on any atom is -0.493 e. The van der Waals surface area contributed by atoms with Crippen molar-refractivity contribution in [3.63, 3.8) is 0 Å². The van der Waals surface area contributed by atoms with Gasteiger partial charge in [-0.3, -0.25) is 0 Å². The van der Waals surface area contributed by atoms with Crippen LogP contribution in [0.25, 0.3) is 0 Å². The van der Waals surface area contributed by atoms with Gasteiger partial charge in [-0.05, 0) is 17.2 Å². The van der Waals surface area contributed by atoms with E-state index in [9.17, 15) is 4.79 Å². The Hall–Kier alpha value is -3.03. The maximum Gasteiger partial charge on any atom is 0.317 e. The highest BCUT2D eigenvalue weighted by molar-refractivity contribution is 5.74. The summed E-state index contributed by atoms with van der Waals surface area (Å²) >= 11 is 0. The number of carbonyl (C=O) groups excluding carboxylic acids is 1. The number of carbonyl (C=O) groups is 1. The number of nitrogens with zero attached hydrogens (tertiary/aromatic N) is 4. The van der Waals surface area contributed by atoms with Crippen LogP contribution in [0.5, 0.6) is 11.6 Å². The zero-order valence-electron chi connectivity index (χ0n) is 15.4. The Morgan fingerprint density at radius 2 is 2.11 bits per heavy atom. The zero-order chi connectivity index (χ0) is 18.6. The van der Waals surface area contributed by atoms with Crippen molar-refractivity contribution in [3.8, 4) is 11.6 Å². The van der Waals surface area contributed by atoms with E-state index in [-0.39, 0.29) is 6.03 Å².